The van der Waals surface area contributed by atoms with Gasteiger partial charge in [-0.3, -0.25) is 9.69 Å². The first-order valence-electron chi connectivity index (χ1n) is 7.58. The number of likely N-dealkylation sites (tertiary alicyclic amines) is 1. The second-order valence-corrected chi connectivity index (χ2v) is 7.14. The molecule has 8 nitrogen and oxygen atoms in total. The topological polar surface area (TPSA) is 99.2 Å². The molecule has 8 heteroatoms. The first-order chi connectivity index (χ1) is 10.4. The van der Waals surface area contributed by atoms with Gasteiger partial charge in [0.2, 0.25) is 5.91 Å². The Morgan fingerprint density at radius 2 is 1.87 bits per heavy atom. The highest BCUT2D eigenvalue weighted by molar-refractivity contribution is 5.86. The summed E-state index contributed by atoms with van der Waals surface area (Å²) < 4.78 is 5.15. The standard InChI is InChI=1S/C15H27N3O5/c1-10(11(19)17(5)6)18-8-7-15(9-18,12(20)21)16-13(22)23-14(2,3)4/h10H,7-9H2,1-6H3,(H,16,22)(H,20,21). The van der Waals surface area contributed by atoms with Crippen LogP contribution < -0.4 is 5.32 Å². The van der Waals surface area contributed by atoms with Crippen molar-refractivity contribution in [2.75, 3.05) is 27.2 Å². The van der Waals surface area contributed by atoms with Gasteiger partial charge < -0.3 is 20.1 Å². The molecule has 2 N–H and O–H groups in total. The molecule has 0 saturated carbocycles. The number of rotatable bonds is 4. The predicted octanol–water partition coefficient (Wildman–Crippen LogP) is 0.517. The first-order valence-corrected chi connectivity index (χ1v) is 7.58. The lowest BCUT2D eigenvalue weighted by molar-refractivity contribution is -0.145. The number of carboxylic acids is 1. The lowest BCUT2D eigenvalue weighted by atomic mass is 9.99. The third kappa shape index (κ3) is 4.82. The summed E-state index contributed by atoms with van der Waals surface area (Å²) >= 11 is 0. The van der Waals surface area contributed by atoms with Crippen LogP contribution in [0.2, 0.25) is 0 Å². The monoisotopic (exact) mass is 329 g/mol. The van der Waals surface area contributed by atoms with E-state index >= 15 is 0 Å². The number of carbonyl (C=O) groups is 3. The third-order valence-electron chi connectivity index (χ3n) is 3.79. The number of carbonyl (C=O) groups excluding carboxylic acids is 2. The molecule has 2 unspecified atom stereocenters. The largest absolute Gasteiger partial charge is 0.479 e. The van der Waals surface area contributed by atoms with Crippen LogP contribution in [0.15, 0.2) is 0 Å². The van der Waals surface area contributed by atoms with Crippen molar-refractivity contribution in [3.05, 3.63) is 0 Å². The lowest BCUT2D eigenvalue weighted by Gasteiger charge is -2.30. The van der Waals surface area contributed by atoms with E-state index in [1.165, 1.54) is 4.90 Å². The lowest BCUT2D eigenvalue weighted by Crippen LogP contribution is -2.58. The van der Waals surface area contributed by atoms with Crippen molar-refractivity contribution in [1.82, 2.24) is 15.1 Å². The molecular formula is C15H27N3O5. The van der Waals surface area contributed by atoms with Gasteiger partial charge in [-0.05, 0) is 34.1 Å². The maximum Gasteiger partial charge on any atom is 0.408 e. The summed E-state index contributed by atoms with van der Waals surface area (Å²) in [6, 6.07) is -0.452. The molecular weight excluding hydrogens is 302 g/mol. The normalized spacial score (nSPS) is 23.2. The van der Waals surface area contributed by atoms with Crippen LogP contribution in [0.3, 0.4) is 0 Å². The number of nitrogens with one attached hydrogen (secondary N) is 1. The molecule has 23 heavy (non-hydrogen) atoms. The van der Waals surface area contributed by atoms with Crippen LogP contribution in [0.25, 0.3) is 0 Å². The van der Waals surface area contributed by atoms with Crippen molar-refractivity contribution >= 4 is 18.0 Å². The highest BCUT2D eigenvalue weighted by atomic mass is 16.6. The smallest absolute Gasteiger partial charge is 0.408 e. The molecule has 132 valence electrons. The molecule has 0 aliphatic carbocycles. The van der Waals surface area contributed by atoms with E-state index in [1.807, 2.05) is 0 Å². The van der Waals surface area contributed by atoms with Crippen LogP contribution in [0.5, 0.6) is 0 Å². The number of hydrogen-bond acceptors (Lipinski definition) is 5. The second-order valence-electron chi connectivity index (χ2n) is 7.14. The van der Waals surface area contributed by atoms with E-state index in [4.69, 9.17) is 4.74 Å². The fraction of sp³-hybridized carbons (Fsp3) is 0.800. The quantitative estimate of drug-likeness (QED) is 0.780. The maximum absolute atomic E-state index is 12.0. The van der Waals surface area contributed by atoms with Gasteiger partial charge in [0, 0.05) is 27.2 Å². The van der Waals surface area contributed by atoms with E-state index in [2.05, 4.69) is 5.32 Å². The molecule has 2 amide bonds. The van der Waals surface area contributed by atoms with Gasteiger partial charge in [-0.1, -0.05) is 0 Å². The Labute approximate surface area is 136 Å². The maximum atomic E-state index is 12.0. The van der Waals surface area contributed by atoms with E-state index in [1.54, 1.807) is 46.7 Å². The number of aliphatic carboxylic acids is 1. The van der Waals surface area contributed by atoms with Crippen molar-refractivity contribution in [2.45, 2.75) is 51.3 Å². The summed E-state index contributed by atoms with van der Waals surface area (Å²) in [4.78, 5) is 38.9. The van der Waals surface area contributed by atoms with Crippen molar-refractivity contribution in [1.29, 1.82) is 0 Å². The second kappa shape index (κ2) is 6.74. The van der Waals surface area contributed by atoms with Gasteiger partial charge in [-0.25, -0.2) is 9.59 Å². The highest BCUT2D eigenvalue weighted by Gasteiger charge is 2.48. The first kappa shape index (κ1) is 19.2. The van der Waals surface area contributed by atoms with Gasteiger partial charge >= 0.3 is 12.1 Å². The molecule has 1 saturated heterocycles. The molecule has 1 heterocycles. The third-order valence-corrected chi connectivity index (χ3v) is 3.79. The number of ether oxygens (including phenoxy) is 1. The van der Waals surface area contributed by atoms with Crippen molar-refractivity contribution < 1.29 is 24.2 Å². The van der Waals surface area contributed by atoms with E-state index < -0.39 is 29.2 Å². The summed E-state index contributed by atoms with van der Waals surface area (Å²) in [5.41, 5.74) is -2.15. The van der Waals surface area contributed by atoms with Crippen molar-refractivity contribution in [2.24, 2.45) is 0 Å². The summed E-state index contributed by atoms with van der Waals surface area (Å²) in [6.45, 7) is 7.31. The number of carboxylic acid groups (broad SMARTS) is 1. The van der Waals surface area contributed by atoms with Crippen LogP contribution in [-0.4, -0.2) is 77.2 Å². The van der Waals surface area contributed by atoms with Crippen LogP contribution in [0.1, 0.15) is 34.1 Å². The molecule has 1 aliphatic heterocycles. The van der Waals surface area contributed by atoms with E-state index in [9.17, 15) is 19.5 Å². The van der Waals surface area contributed by atoms with E-state index in [0.717, 1.165) is 0 Å². The Kier molecular flexibility index (Phi) is 5.63. The Balaban J connectivity index is 2.83. The summed E-state index contributed by atoms with van der Waals surface area (Å²) in [6.07, 6.45) is -0.555. The highest BCUT2D eigenvalue weighted by Crippen LogP contribution is 2.25. The van der Waals surface area contributed by atoms with E-state index in [-0.39, 0.29) is 18.9 Å². The molecule has 0 radical (unpaired) electrons. The summed E-state index contributed by atoms with van der Waals surface area (Å²) in [5.74, 6) is -1.24. The fourth-order valence-corrected chi connectivity index (χ4v) is 2.53. The molecule has 1 aliphatic rings. The van der Waals surface area contributed by atoms with Gasteiger partial charge in [0.05, 0.1) is 6.04 Å². The molecule has 0 aromatic heterocycles. The zero-order valence-electron chi connectivity index (χ0n) is 14.7. The average Bonchev–Trinajstić information content (AvgIpc) is 2.79. The molecule has 0 spiro atoms. The Hall–Kier alpha value is -1.83. The number of alkyl carbamates (subject to hydrolysis) is 1. The fourth-order valence-electron chi connectivity index (χ4n) is 2.53. The number of nitrogens with zero attached hydrogens (tertiary/aromatic N) is 2. The minimum absolute atomic E-state index is 0.0579. The molecule has 0 aromatic rings. The van der Waals surface area contributed by atoms with Gasteiger partial charge in [0.1, 0.15) is 5.60 Å². The van der Waals surface area contributed by atoms with Gasteiger partial charge in [0.15, 0.2) is 5.54 Å². The van der Waals surface area contributed by atoms with Crippen LogP contribution in [0, 0.1) is 0 Å². The van der Waals surface area contributed by atoms with Gasteiger partial charge in [0.25, 0.3) is 0 Å². The van der Waals surface area contributed by atoms with Crippen LogP contribution in [0.4, 0.5) is 4.79 Å². The average molecular weight is 329 g/mol. The molecule has 0 bridgehead atoms. The molecule has 0 aromatic carbocycles. The van der Waals surface area contributed by atoms with Crippen LogP contribution >= 0.6 is 0 Å². The SMILES string of the molecule is CC(C(=O)N(C)C)N1CCC(NC(=O)OC(C)(C)C)(C(=O)O)C1. The number of likely N-dealkylation sites (N-methyl/N-ethyl adjacent to an activating group) is 1. The Morgan fingerprint density at radius 3 is 2.30 bits per heavy atom. The van der Waals surface area contributed by atoms with Crippen molar-refractivity contribution in [3.63, 3.8) is 0 Å². The number of hydrogen-bond donors (Lipinski definition) is 2. The zero-order valence-corrected chi connectivity index (χ0v) is 14.7. The van der Waals surface area contributed by atoms with E-state index in [0.29, 0.717) is 6.54 Å². The molecule has 1 fully saturated rings. The molecule has 2 atom stereocenters. The van der Waals surface area contributed by atoms with Crippen LogP contribution in [-0.2, 0) is 14.3 Å². The van der Waals surface area contributed by atoms with Crippen molar-refractivity contribution in [3.8, 4) is 0 Å². The van der Waals surface area contributed by atoms with Gasteiger partial charge in [-0.2, -0.15) is 0 Å². The minimum Gasteiger partial charge on any atom is -0.479 e. The summed E-state index contributed by atoms with van der Waals surface area (Å²) in [7, 11) is 3.30. The predicted molar refractivity (Wildman–Crippen MR) is 84.1 cm³/mol. The Bertz CT molecular complexity index is 486. The number of amides is 2. The summed E-state index contributed by atoms with van der Waals surface area (Å²) in [5, 5.41) is 12.0. The zero-order chi connectivity index (χ0) is 18.0. The minimum atomic E-state index is -1.44. The van der Waals surface area contributed by atoms with Gasteiger partial charge in [-0.15, -0.1) is 0 Å². The molecule has 1 rings (SSSR count). The Morgan fingerprint density at radius 1 is 1.30 bits per heavy atom.